The summed E-state index contributed by atoms with van der Waals surface area (Å²) in [4.78, 5) is 23.3. The van der Waals surface area contributed by atoms with Crippen molar-refractivity contribution in [3.05, 3.63) is 69.6 Å². The van der Waals surface area contributed by atoms with Crippen molar-refractivity contribution in [2.45, 2.75) is 13.5 Å². The van der Waals surface area contributed by atoms with Crippen LogP contribution in [0.25, 0.3) is 11.0 Å². The lowest BCUT2D eigenvalue weighted by atomic mass is 10.1. The van der Waals surface area contributed by atoms with Crippen molar-refractivity contribution in [2.24, 2.45) is 0 Å². The Hall–Kier alpha value is -3.56. The molecule has 0 aliphatic carbocycles. The molecule has 0 aliphatic rings. The van der Waals surface area contributed by atoms with Crippen LogP contribution in [0, 0.1) is 23.3 Å². The largest absolute Gasteiger partial charge is 0.483 e. The van der Waals surface area contributed by atoms with E-state index in [1.165, 1.54) is 18.2 Å². The molecule has 10 heteroatoms. The average molecular weight is 411 g/mol. The van der Waals surface area contributed by atoms with Crippen molar-refractivity contribution in [3.8, 4) is 5.75 Å². The number of halogens is 4. The van der Waals surface area contributed by atoms with Gasteiger partial charge < -0.3 is 13.9 Å². The summed E-state index contributed by atoms with van der Waals surface area (Å²) in [6, 6.07) is 5.32. The molecule has 0 aliphatic heterocycles. The Morgan fingerprint density at radius 1 is 1.07 bits per heavy atom. The highest BCUT2D eigenvalue weighted by atomic mass is 19.2. The topological polar surface area (TPSA) is 77.8 Å². The normalized spacial score (nSPS) is 10.8. The lowest BCUT2D eigenvalue weighted by Crippen LogP contribution is -2.13. The predicted molar refractivity (Wildman–Crippen MR) is 93.7 cm³/mol. The van der Waals surface area contributed by atoms with Gasteiger partial charge in [0.05, 0.1) is 6.61 Å². The first-order valence-electron chi connectivity index (χ1n) is 8.26. The SMILES string of the molecule is CCOC(=O)Nc1ccc2c(COc3c(F)c(F)cc(F)c3F)cc(=O)oc2c1. The second-order valence-electron chi connectivity index (χ2n) is 5.73. The van der Waals surface area contributed by atoms with Gasteiger partial charge in [0.2, 0.25) is 11.6 Å². The maximum atomic E-state index is 13.7. The minimum absolute atomic E-state index is 0.0387. The molecular formula is C19H13F4NO5. The molecule has 0 bridgehead atoms. The van der Waals surface area contributed by atoms with Gasteiger partial charge >= 0.3 is 11.7 Å². The number of ether oxygens (including phenoxy) is 2. The number of carbonyl (C=O) groups is 1. The summed E-state index contributed by atoms with van der Waals surface area (Å²) in [6.45, 7) is 1.20. The van der Waals surface area contributed by atoms with Gasteiger partial charge in [0, 0.05) is 34.8 Å². The minimum Gasteiger partial charge on any atom is -0.483 e. The zero-order valence-electron chi connectivity index (χ0n) is 14.9. The van der Waals surface area contributed by atoms with Crippen molar-refractivity contribution in [2.75, 3.05) is 11.9 Å². The van der Waals surface area contributed by atoms with Crippen LogP contribution < -0.4 is 15.7 Å². The molecule has 0 unspecified atom stereocenters. The van der Waals surface area contributed by atoms with Gasteiger partial charge in [-0.2, -0.15) is 8.78 Å². The van der Waals surface area contributed by atoms with Crippen molar-refractivity contribution >= 4 is 22.7 Å². The van der Waals surface area contributed by atoms with Crippen molar-refractivity contribution in [1.29, 1.82) is 0 Å². The van der Waals surface area contributed by atoms with Crippen molar-refractivity contribution in [1.82, 2.24) is 0 Å². The fourth-order valence-electron chi connectivity index (χ4n) is 2.54. The molecule has 1 heterocycles. The molecule has 1 aromatic heterocycles. The third-order valence-corrected chi connectivity index (χ3v) is 3.80. The van der Waals surface area contributed by atoms with Crippen LogP contribution in [0.2, 0.25) is 0 Å². The highest BCUT2D eigenvalue weighted by Crippen LogP contribution is 2.28. The van der Waals surface area contributed by atoms with Gasteiger partial charge in [-0.3, -0.25) is 5.32 Å². The molecule has 152 valence electrons. The molecule has 0 fully saturated rings. The summed E-state index contributed by atoms with van der Waals surface area (Å²) >= 11 is 0. The number of rotatable bonds is 5. The number of benzene rings is 2. The van der Waals surface area contributed by atoms with Crippen LogP contribution in [-0.4, -0.2) is 12.7 Å². The summed E-state index contributed by atoms with van der Waals surface area (Å²) in [5.41, 5.74) is -0.364. The molecule has 0 saturated carbocycles. The number of anilines is 1. The summed E-state index contributed by atoms with van der Waals surface area (Å²) in [6.07, 6.45) is -0.715. The molecular weight excluding hydrogens is 398 g/mol. The molecule has 3 rings (SSSR count). The first-order chi connectivity index (χ1) is 13.8. The van der Waals surface area contributed by atoms with E-state index in [0.29, 0.717) is 5.39 Å². The summed E-state index contributed by atoms with van der Waals surface area (Å²) < 4.78 is 68.8. The number of hydrogen-bond acceptors (Lipinski definition) is 5. The summed E-state index contributed by atoms with van der Waals surface area (Å²) in [7, 11) is 0. The van der Waals surface area contributed by atoms with E-state index < -0.39 is 47.3 Å². The number of nitrogens with one attached hydrogen (secondary N) is 1. The third-order valence-electron chi connectivity index (χ3n) is 3.80. The Balaban J connectivity index is 1.93. The lowest BCUT2D eigenvalue weighted by molar-refractivity contribution is 0.168. The van der Waals surface area contributed by atoms with Crippen LogP contribution in [0.1, 0.15) is 12.5 Å². The van der Waals surface area contributed by atoms with Crippen LogP contribution in [0.4, 0.5) is 28.0 Å². The third kappa shape index (κ3) is 4.31. The van der Waals surface area contributed by atoms with Crippen LogP contribution >= 0.6 is 0 Å². The fraction of sp³-hybridized carbons (Fsp3) is 0.158. The zero-order valence-corrected chi connectivity index (χ0v) is 14.9. The van der Waals surface area contributed by atoms with Gasteiger partial charge in [0.15, 0.2) is 17.4 Å². The molecule has 0 atom stereocenters. The van der Waals surface area contributed by atoms with E-state index >= 15 is 0 Å². The lowest BCUT2D eigenvalue weighted by Gasteiger charge is -2.11. The van der Waals surface area contributed by atoms with Gasteiger partial charge in [-0.15, -0.1) is 0 Å². The van der Waals surface area contributed by atoms with E-state index in [1.807, 2.05) is 0 Å². The monoisotopic (exact) mass is 411 g/mol. The average Bonchev–Trinajstić information content (AvgIpc) is 2.66. The van der Waals surface area contributed by atoms with Crippen molar-refractivity contribution in [3.63, 3.8) is 0 Å². The predicted octanol–water partition coefficient (Wildman–Crippen LogP) is 4.50. The molecule has 2 aromatic carbocycles. The van der Waals surface area contributed by atoms with Crippen molar-refractivity contribution < 1.29 is 36.2 Å². The van der Waals surface area contributed by atoms with Gasteiger partial charge in [0.1, 0.15) is 12.2 Å². The van der Waals surface area contributed by atoms with Crippen LogP contribution in [0.3, 0.4) is 0 Å². The van der Waals surface area contributed by atoms with E-state index in [4.69, 9.17) is 13.9 Å². The van der Waals surface area contributed by atoms with Gasteiger partial charge in [0.25, 0.3) is 0 Å². The smallest absolute Gasteiger partial charge is 0.411 e. The highest BCUT2D eigenvalue weighted by Gasteiger charge is 2.21. The van der Waals surface area contributed by atoms with Crippen LogP contribution in [-0.2, 0) is 11.3 Å². The van der Waals surface area contributed by atoms with E-state index in [9.17, 15) is 27.2 Å². The molecule has 1 N–H and O–H groups in total. The van der Waals surface area contributed by atoms with E-state index in [1.54, 1.807) is 6.92 Å². The Morgan fingerprint density at radius 2 is 1.76 bits per heavy atom. The molecule has 29 heavy (non-hydrogen) atoms. The van der Waals surface area contributed by atoms with Gasteiger partial charge in [-0.05, 0) is 19.1 Å². The summed E-state index contributed by atoms with van der Waals surface area (Å²) in [5, 5.41) is 2.74. The molecule has 0 spiro atoms. The molecule has 0 radical (unpaired) electrons. The van der Waals surface area contributed by atoms with E-state index in [-0.39, 0.29) is 29.5 Å². The van der Waals surface area contributed by atoms with E-state index in [0.717, 1.165) is 6.07 Å². The Bertz CT molecular complexity index is 1120. The maximum absolute atomic E-state index is 13.7. The number of hydrogen-bond donors (Lipinski definition) is 1. The van der Waals surface area contributed by atoms with Crippen LogP contribution in [0.15, 0.2) is 39.5 Å². The van der Waals surface area contributed by atoms with Gasteiger partial charge in [-0.1, -0.05) is 0 Å². The Kier molecular flexibility index (Phi) is 5.71. The number of carbonyl (C=O) groups excluding carboxylic acids is 1. The Labute approximate surface area is 160 Å². The molecule has 6 nitrogen and oxygen atoms in total. The molecule has 0 saturated heterocycles. The zero-order chi connectivity index (χ0) is 21.1. The first-order valence-corrected chi connectivity index (χ1v) is 8.26. The summed E-state index contributed by atoms with van der Waals surface area (Å²) in [5.74, 6) is -7.88. The van der Waals surface area contributed by atoms with E-state index in [2.05, 4.69) is 5.32 Å². The second kappa shape index (κ2) is 8.21. The van der Waals surface area contributed by atoms with Crippen LogP contribution in [0.5, 0.6) is 5.75 Å². The molecule has 1 amide bonds. The maximum Gasteiger partial charge on any atom is 0.411 e. The van der Waals surface area contributed by atoms with Gasteiger partial charge in [-0.25, -0.2) is 18.4 Å². The number of amides is 1. The molecule has 3 aromatic rings. The standard InChI is InChI=1S/C19H13F4NO5/c1-2-27-19(26)24-10-3-4-11-9(5-15(25)29-14(11)6-10)8-28-18-16(22)12(20)7-13(21)17(18)23/h3-7H,2,8H2,1H3,(H,24,26). The Morgan fingerprint density at radius 3 is 2.41 bits per heavy atom. The second-order valence-corrected chi connectivity index (χ2v) is 5.73. The minimum atomic E-state index is -1.70. The number of fused-ring (bicyclic) bond motifs is 1. The highest BCUT2D eigenvalue weighted by molar-refractivity contribution is 5.89. The quantitative estimate of drug-likeness (QED) is 0.380. The fourth-order valence-corrected chi connectivity index (χ4v) is 2.54. The first kappa shape index (κ1) is 20.2.